The van der Waals surface area contributed by atoms with Gasteiger partial charge in [-0.2, -0.15) is 0 Å². The molecule has 0 unspecified atom stereocenters. The van der Waals surface area contributed by atoms with Crippen molar-refractivity contribution in [3.63, 3.8) is 0 Å². The normalized spacial score (nSPS) is 16.9. The summed E-state index contributed by atoms with van der Waals surface area (Å²) in [6.45, 7) is 3.04. The zero-order valence-corrected chi connectivity index (χ0v) is 8.51. The topological polar surface area (TPSA) is 12.0 Å². The van der Waals surface area contributed by atoms with Crippen molar-refractivity contribution >= 4 is 0 Å². The maximum atomic E-state index is 3.43. The molecule has 72 valence electrons. The highest BCUT2D eigenvalue weighted by Gasteiger charge is 2.35. The van der Waals surface area contributed by atoms with E-state index in [4.69, 9.17) is 0 Å². The highest BCUT2D eigenvalue weighted by Crippen LogP contribution is 2.33. The lowest BCUT2D eigenvalue weighted by atomic mass is 10.2. The van der Waals surface area contributed by atoms with E-state index in [2.05, 4.69) is 24.1 Å². The van der Waals surface area contributed by atoms with E-state index in [1.807, 2.05) is 30.3 Å². The van der Waals surface area contributed by atoms with Gasteiger partial charge in [-0.05, 0) is 31.9 Å². The Bertz CT molecular complexity index is 352. The Morgan fingerprint density at radius 1 is 1.29 bits per heavy atom. The summed E-state index contributed by atoms with van der Waals surface area (Å²) in [6.07, 6.45) is 2.58. The summed E-state index contributed by atoms with van der Waals surface area (Å²) in [5.41, 5.74) is 1.49. The van der Waals surface area contributed by atoms with Crippen LogP contribution in [0, 0.1) is 11.8 Å². The molecule has 1 aromatic carbocycles. The van der Waals surface area contributed by atoms with Gasteiger partial charge in [-0.25, -0.2) is 0 Å². The molecular weight excluding hydrogens is 170 g/mol. The number of nitrogens with one attached hydrogen (secondary N) is 1. The molecule has 2 rings (SSSR count). The first-order chi connectivity index (χ1) is 6.79. The van der Waals surface area contributed by atoms with Crippen LogP contribution in [0.5, 0.6) is 0 Å². The van der Waals surface area contributed by atoms with Crippen molar-refractivity contribution in [3.8, 4) is 11.8 Å². The van der Waals surface area contributed by atoms with E-state index in [1.165, 1.54) is 12.8 Å². The van der Waals surface area contributed by atoms with Gasteiger partial charge in [-0.3, -0.25) is 0 Å². The minimum absolute atomic E-state index is 0.394. The van der Waals surface area contributed by atoms with Crippen LogP contribution in [0.1, 0.15) is 25.3 Å². The molecule has 0 bridgehead atoms. The van der Waals surface area contributed by atoms with Gasteiger partial charge in [-0.1, -0.05) is 30.0 Å². The van der Waals surface area contributed by atoms with Crippen molar-refractivity contribution in [2.24, 2.45) is 0 Å². The average Bonchev–Trinajstić information content (AvgIpc) is 2.94. The molecule has 1 aliphatic rings. The Morgan fingerprint density at radius 3 is 2.64 bits per heavy atom. The molecule has 0 aromatic heterocycles. The lowest BCUT2D eigenvalue weighted by Crippen LogP contribution is -2.27. The Labute approximate surface area is 85.5 Å². The quantitative estimate of drug-likeness (QED) is 0.696. The van der Waals surface area contributed by atoms with E-state index in [0.29, 0.717) is 5.54 Å². The molecule has 1 N–H and O–H groups in total. The van der Waals surface area contributed by atoms with Crippen molar-refractivity contribution < 1.29 is 0 Å². The summed E-state index contributed by atoms with van der Waals surface area (Å²) in [4.78, 5) is 0. The number of rotatable bonds is 2. The highest BCUT2D eigenvalue weighted by atomic mass is 15.0. The van der Waals surface area contributed by atoms with Crippen LogP contribution in [0.4, 0.5) is 0 Å². The largest absolute Gasteiger partial charge is 0.301 e. The van der Waals surface area contributed by atoms with Gasteiger partial charge in [0.05, 0.1) is 6.54 Å². The Morgan fingerprint density at radius 2 is 2.00 bits per heavy atom. The molecule has 0 heterocycles. The third-order valence-corrected chi connectivity index (χ3v) is 2.61. The predicted molar refractivity (Wildman–Crippen MR) is 59.0 cm³/mol. The summed E-state index contributed by atoms with van der Waals surface area (Å²) < 4.78 is 0. The predicted octanol–water partition coefficient (Wildman–Crippen LogP) is 2.18. The molecule has 1 nitrogen and oxygen atoms in total. The van der Waals surface area contributed by atoms with Crippen LogP contribution in [0.25, 0.3) is 0 Å². The fourth-order valence-electron chi connectivity index (χ4n) is 1.29. The molecule has 0 atom stereocenters. The van der Waals surface area contributed by atoms with Crippen molar-refractivity contribution in [2.45, 2.75) is 25.3 Å². The van der Waals surface area contributed by atoms with Gasteiger partial charge < -0.3 is 5.32 Å². The standard InChI is InChI=1S/C13H15N/c1-13(9-10-13)14-11-5-8-12-6-3-2-4-7-12/h2-4,6-7,14H,9-11H2,1H3. The van der Waals surface area contributed by atoms with Crippen LogP contribution in [0.3, 0.4) is 0 Å². The fourth-order valence-corrected chi connectivity index (χ4v) is 1.29. The lowest BCUT2D eigenvalue weighted by Gasteiger charge is -2.05. The van der Waals surface area contributed by atoms with Crippen LogP contribution in [-0.2, 0) is 0 Å². The van der Waals surface area contributed by atoms with E-state index in [0.717, 1.165) is 12.1 Å². The number of benzene rings is 1. The minimum atomic E-state index is 0.394. The second-order valence-corrected chi connectivity index (χ2v) is 4.08. The first kappa shape index (κ1) is 9.30. The summed E-state index contributed by atoms with van der Waals surface area (Å²) in [5, 5.41) is 3.43. The third-order valence-electron chi connectivity index (χ3n) is 2.61. The van der Waals surface area contributed by atoms with Crippen LogP contribution in [-0.4, -0.2) is 12.1 Å². The molecule has 1 heteroatoms. The van der Waals surface area contributed by atoms with Gasteiger partial charge in [0, 0.05) is 11.1 Å². The summed E-state index contributed by atoms with van der Waals surface area (Å²) >= 11 is 0. The molecule has 1 aliphatic carbocycles. The number of hydrogen-bond donors (Lipinski definition) is 1. The second kappa shape index (κ2) is 3.86. The van der Waals surface area contributed by atoms with Gasteiger partial charge in [0.1, 0.15) is 0 Å². The van der Waals surface area contributed by atoms with Crippen molar-refractivity contribution in [3.05, 3.63) is 35.9 Å². The minimum Gasteiger partial charge on any atom is -0.301 e. The SMILES string of the molecule is CC1(NCC#Cc2ccccc2)CC1. The maximum absolute atomic E-state index is 3.43. The van der Waals surface area contributed by atoms with E-state index >= 15 is 0 Å². The van der Waals surface area contributed by atoms with Crippen molar-refractivity contribution in [1.82, 2.24) is 5.32 Å². The Kier molecular flexibility index (Phi) is 2.56. The van der Waals surface area contributed by atoms with Crippen LogP contribution in [0.2, 0.25) is 0 Å². The first-order valence-corrected chi connectivity index (χ1v) is 5.07. The molecule has 1 aromatic rings. The lowest BCUT2D eigenvalue weighted by molar-refractivity contribution is 0.581. The molecular formula is C13H15N. The second-order valence-electron chi connectivity index (χ2n) is 4.08. The molecule has 0 radical (unpaired) electrons. The molecule has 0 saturated heterocycles. The van der Waals surface area contributed by atoms with E-state index in [-0.39, 0.29) is 0 Å². The third kappa shape index (κ3) is 2.61. The first-order valence-electron chi connectivity index (χ1n) is 5.07. The van der Waals surface area contributed by atoms with Gasteiger partial charge in [0.15, 0.2) is 0 Å². The van der Waals surface area contributed by atoms with Gasteiger partial charge >= 0.3 is 0 Å². The zero-order valence-electron chi connectivity index (χ0n) is 8.51. The smallest absolute Gasteiger partial charge is 0.0584 e. The summed E-state index contributed by atoms with van der Waals surface area (Å²) in [7, 11) is 0. The summed E-state index contributed by atoms with van der Waals surface area (Å²) in [5.74, 6) is 6.27. The monoisotopic (exact) mass is 185 g/mol. The Balaban J connectivity index is 1.82. The molecule has 1 fully saturated rings. The molecule has 1 saturated carbocycles. The van der Waals surface area contributed by atoms with Gasteiger partial charge in [0.25, 0.3) is 0 Å². The average molecular weight is 185 g/mol. The summed E-state index contributed by atoms with van der Waals surface area (Å²) in [6, 6.07) is 10.1. The number of hydrogen-bond acceptors (Lipinski definition) is 1. The highest BCUT2D eigenvalue weighted by molar-refractivity contribution is 5.33. The van der Waals surface area contributed by atoms with Crippen molar-refractivity contribution in [1.29, 1.82) is 0 Å². The maximum Gasteiger partial charge on any atom is 0.0584 e. The van der Waals surface area contributed by atoms with Crippen LogP contribution < -0.4 is 5.32 Å². The van der Waals surface area contributed by atoms with Gasteiger partial charge in [-0.15, -0.1) is 0 Å². The van der Waals surface area contributed by atoms with Gasteiger partial charge in [0.2, 0.25) is 0 Å². The molecule has 0 amide bonds. The van der Waals surface area contributed by atoms with E-state index in [1.54, 1.807) is 0 Å². The molecule has 0 aliphatic heterocycles. The van der Waals surface area contributed by atoms with Crippen LogP contribution in [0.15, 0.2) is 30.3 Å². The zero-order chi connectivity index (χ0) is 9.86. The Hall–Kier alpha value is -1.26. The van der Waals surface area contributed by atoms with Crippen molar-refractivity contribution in [2.75, 3.05) is 6.54 Å². The van der Waals surface area contributed by atoms with E-state index in [9.17, 15) is 0 Å². The fraction of sp³-hybridized carbons (Fsp3) is 0.385. The molecule has 0 spiro atoms. The molecule has 14 heavy (non-hydrogen) atoms. The van der Waals surface area contributed by atoms with Crippen LogP contribution >= 0.6 is 0 Å². The van der Waals surface area contributed by atoms with E-state index < -0.39 is 0 Å².